The summed E-state index contributed by atoms with van der Waals surface area (Å²) in [6, 6.07) is 7.77. The van der Waals surface area contributed by atoms with Gasteiger partial charge in [0.05, 0.1) is 11.7 Å². The van der Waals surface area contributed by atoms with E-state index in [9.17, 15) is 19.1 Å². The minimum Gasteiger partial charge on any atom is -0.391 e. The van der Waals surface area contributed by atoms with Crippen molar-refractivity contribution < 1.29 is 19.1 Å². The van der Waals surface area contributed by atoms with Crippen LogP contribution in [0.15, 0.2) is 35.7 Å². The molecule has 3 rings (SSSR count). The molecule has 2 aromatic rings. The van der Waals surface area contributed by atoms with Crippen LogP contribution in [0.1, 0.15) is 39.6 Å². The third-order valence-electron chi connectivity index (χ3n) is 4.92. The van der Waals surface area contributed by atoms with Crippen LogP contribution in [0.25, 0.3) is 0 Å². The fraction of sp³-hybridized carbons (Fsp3) is 0.400. The van der Waals surface area contributed by atoms with E-state index in [1.54, 1.807) is 22.3 Å². The van der Waals surface area contributed by atoms with Gasteiger partial charge in [0.15, 0.2) is 0 Å². The van der Waals surface area contributed by atoms with Gasteiger partial charge in [0.1, 0.15) is 5.82 Å². The molecule has 0 unspecified atom stereocenters. The monoisotopic (exact) mass is 390 g/mol. The van der Waals surface area contributed by atoms with Crippen LogP contribution in [0.4, 0.5) is 4.39 Å². The van der Waals surface area contributed by atoms with Gasteiger partial charge >= 0.3 is 0 Å². The first-order chi connectivity index (χ1) is 13.0. The SMILES string of the molecule is Cc1ccsc1[C@@H]1CCN(C(=O)CCNC(=O)c2ccccc2F)C[C@H]1O. The second-order valence-electron chi connectivity index (χ2n) is 6.76. The molecule has 2 atom stereocenters. The topological polar surface area (TPSA) is 69.6 Å². The first-order valence-electron chi connectivity index (χ1n) is 9.00. The Morgan fingerprint density at radius 3 is 2.78 bits per heavy atom. The summed E-state index contributed by atoms with van der Waals surface area (Å²) in [6.07, 6.45) is 0.249. The molecule has 7 heteroatoms. The quantitative estimate of drug-likeness (QED) is 0.825. The summed E-state index contributed by atoms with van der Waals surface area (Å²) in [5.41, 5.74) is 1.15. The smallest absolute Gasteiger partial charge is 0.254 e. The molecule has 1 aliphatic heterocycles. The van der Waals surface area contributed by atoms with E-state index in [-0.39, 0.29) is 30.4 Å². The minimum atomic E-state index is -0.590. The van der Waals surface area contributed by atoms with Crippen molar-refractivity contribution in [1.29, 1.82) is 0 Å². The van der Waals surface area contributed by atoms with Gasteiger partial charge in [-0.2, -0.15) is 0 Å². The number of hydrogen-bond acceptors (Lipinski definition) is 4. The number of halogens is 1. The number of likely N-dealkylation sites (tertiary alicyclic amines) is 1. The van der Waals surface area contributed by atoms with E-state index in [2.05, 4.69) is 5.32 Å². The van der Waals surface area contributed by atoms with E-state index in [4.69, 9.17) is 0 Å². The number of aryl methyl sites for hydroxylation is 1. The highest BCUT2D eigenvalue weighted by Crippen LogP contribution is 2.34. The molecule has 1 aliphatic rings. The molecule has 2 heterocycles. The van der Waals surface area contributed by atoms with Gasteiger partial charge < -0.3 is 15.3 Å². The Kier molecular flexibility index (Phi) is 6.23. The molecular weight excluding hydrogens is 367 g/mol. The van der Waals surface area contributed by atoms with Crippen LogP contribution in [-0.2, 0) is 4.79 Å². The number of rotatable bonds is 5. The zero-order valence-electron chi connectivity index (χ0n) is 15.2. The fourth-order valence-corrected chi connectivity index (χ4v) is 4.53. The number of nitrogens with zero attached hydrogens (tertiary/aromatic N) is 1. The van der Waals surface area contributed by atoms with Gasteiger partial charge in [-0.15, -0.1) is 11.3 Å². The molecule has 0 aliphatic carbocycles. The summed E-state index contributed by atoms with van der Waals surface area (Å²) in [7, 11) is 0. The highest BCUT2D eigenvalue weighted by molar-refractivity contribution is 7.10. The number of piperidine rings is 1. The van der Waals surface area contributed by atoms with Crippen LogP contribution in [0.2, 0.25) is 0 Å². The number of amides is 2. The van der Waals surface area contributed by atoms with E-state index >= 15 is 0 Å². The first kappa shape index (κ1) is 19.5. The molecular formula is C20H23FN2O3S. The molecule has 144 valence electrons. The maximum Gasteiger partial charge on any atom is 0.254 e. The molecule has 0 spiro atoms. The van der Waals surface area contributed by atoms with Crippen LogP contribution >= 0.6 is 11.3 Å². The Morgan fingerprint density at radius 2 is 2.11 bits per heavy atom. The van der Waals surface area contributed by atoms with Gasteiger partial charge in [-0.1, -0.05) is 12.1 Å². The van der Waals surface area contributed by atoms with Crippen LogP contribution < -0.4 is 5.32 Å². The number of benzene rings is 1. The van der Waals surface area contributed by atoms with Crippen LogP contribution in [0.5, 0.6) is 0 Å². The highest BCUT2D eigenvalue weighted by Gasteiger charge is 2.32. The van der Waals surface area contributed by atoms with Crippen molar-refractivity contribution in [1.82, 2.24) is 10.2 Å². The van der Waals surface area contributed by atoms with E-state index in [1.165, 1.54) is 28.6 Å². The largest absolute Gasteiger partial charge is 0.391 e. The van der Waals surface area contributed by atoms with Crippen molar-refractivity contribution in [3.63, 3.8) is 0 Å². The van der Waals surface area contributed by atoms with Gasteiger partial charge in [0.2, 0.25) is 5.91 Å². The summed E-state index contributed by atoms with van der Waals surface area (Å²) in [5.74, 6) is -1.18. The van der Waals surface area contributed by atoms with Gasteiger partial charge in [0.25, 0.3) is 5.91 Å². The molecule has 2 N–H and O–H groups in total. The lowest BCUT2D eigenvalue weighted by atomic mass is 9.90. The average molecular weight is 390 g/mol. The molecule has 5 nitrogen and oxygen atoms in total. The predicted molar refractivity (Wildman–Crippen MR) is 102 cm³/mol. The number of β-amino-alcohol motifs (C(OH)–C–C–N with tert-alkyl or cyclic N) is 1. The summed E-state index contributed by atoms with van der Waals surface area (Å²) in [5, 5.41) is 15.1. The van der Waals surface area contributed by atoms with E-state index in [0.29, 0.717) is 13.1 Å². The summed E-state index contributed by atoms with van der Waals surface area (Å²) < 4.78 is 13.6. The summed E-state index contributed by atoms with van der Waals surface area (Å²) >= 11 is 1.64. The van der Waals surface area contributed by atoms with Gasteiger partial charge in [-0.3, -0.25) is 9.59 Å². The molecule has 1 aromatic heterocycles. The Morgan fingerprint density at radius 1 is 1.33 bits per heavy atom. The lowest BCUT2D eigenvalue weighted by molar-refractivity contribution is -0.134. The molecule has 0 radical (unpaired) electrons. The third-order valence-corrected chi connectivity index (χ3v) is 6.07. The number of nitrogens with one attached hydrogen (secondary N) is 1. The van der Waals surface area contributed by atoms with Crippen molar-refractivity contribution in [2.75, 3.05) is 19.6 Å². The second kappa shape index (κ2) is 8.63. The maximum atomic E-state index is 13.6. The number of aliphatic hydroxyl groups is 1. The van der Waals surface area contributed by atoms with Crippen molar-refractivity contribution >= 4 is 23.2 Å². The standard InChI is InChI=1S/C20H23FN2O3S/c1-13-8-11-27-19(13)15-7-10-23(12-17(15)24)18(25)6-9-22-20(26)14-4-2-3-5-16(14)21/h2-5,8,11,15,17,24H,6-7,9-10,12H2,1H3,(H,22,26)/t15-,17-/m1/s1. The van der Waals surface area contributed by atoms with Crippen LogP contribution in [0, 0.1) is 12.7 Å². The molecule has 2 amide bonds. The third kappa shape index (κ3) is 4.54. The number of carbonyl (C=O) groups is 2. The van der Waals surface area contributed by atoms with Crippen LogP contribution in [-0.4, -0.2) is 47.6 Å². The molecule has 1 aromatic carbocycles. The molecule has 0 bridgehead atoms. The minimum absolute atomic E-state index is 0.0347. The average Bonchev–Trinajstić information content (AvgIpc) is 3.07. The zero-order chi connectivity index (χ0) is 19.4. The summed E-state index contributed by atoms with van der Waals surface area (Å²) in [6.45, 7) is 3.04. The lowest BCUT2D eigenvalue weighted by Gasteiger charge is -2.36. The first-order valence-corrected chi connectivity index (χ1v) is 9.88. The van der Waals surface area contributed by atoms with Gasteiger partial charge in [-0.25, -0.2) is 4.39 Å². The molecule has 1 saturated heterocycles. The number of carbonyl (C=O) groups excluding carboxylic acids is 2. The van der Waals surface area contributed by atoms with E-state index in [1.807, 2.05) is 18.4 Å². The van der Waals surface area contributed by atoms with Crippen molar-refractivity contribution in [3.05, 3.63) is 57.5 Å². The van der Waals surface area contributed by atoms with Gasteiger partial charge in [-0.05, 0) is 42.5 Å². The number of thiophene rings is 1. The fourth-order valence-electron chi connectivity index (χ4n) is 3.41. The Bertz CT molecular complexity index is 823. The normalized spacial score (nSPS) is 19.7. The van der Waals surface area contributed by atoms with Crippen molar-refractivity contribution in [2.24, 2.45) is 0 Å². The van der Waals surface area contributed by atoms with Crippen LogP contribution in [0.3, 0.4) is 0 Å². The van der Waals surface area contributed by atoms with Gasteiger partial charge in [0, 0.05) is 36.9 Å². The molecule has 0 saturated carbocycles. The lowest BCUT2D eigenvalue weighted by Crippen LogP contribution is -2.46. The second-order valence-corrected chi connectivity index (χ2v) is 7.70. The zero-order valence-corrected chi connectivity index (χ0v) is 16.0. The maximum absolute atomic E-state index is 13.6. The van der Waals surface area contributed by atoms with E-state index < -0.39 is 17.8 Å². The number of hydrogen-bond donors (Lipinski definition) is 2. The Balaban J connectivity index is 1.47. The predicted octanol–water partition coefficient (Wildman–Crippen LogP) is 2.69. The highest BCUT2D eigenvalue weighted by atomic mass is 32.1. The van der Waals surface area contributed by atoms with Crippen molar-refractivity contribution in [2.45, 2.75) is 31.8 Å². The Hall–Kier alpha value is -2.25. The Labute approximate surface area is 161 Å². The number of aliphatic hydroxyl groups excluding tert-OH is 1. The van der Waals surface area contributed by atoms with E-state index in [0.717, 1.165) is 6.42 Å². The summed E-state index contributed by atoms with van der Waals surface area (Å²) in [4.78, 5) is 27.2. The van der Waals surface area contributed by atoms with Crippen molar-refractivity contribution in [3.8, 4) is 0 Å². The molecule has 27 heavy (non-hydrogen) atoms. The molecule has 1 fully saturated rings.